The van der Waals surface area contributed by atoms with Crippen molar-refractivity contribution >= 4 is 17.5 Å². The van der Waals surface area contributed by atoms with E-state index in [9.17, 15) is 18.7 Å². The number of aliphatic hydroxyl groups excluding tert-OH is 1. The number of halogens is 2. The van der Waals surface area contributed by atoms with Crippen molar-refractivity contribution in [3.63, 3.8) is 0 Å². The molecule has 0 aliphatic carbocycles. The second-order valence-electron chi connectivity index (χ2n) is 8.26. The maximum absolute atomic E-state index is 14.6. The summed E-state index contributed by atoms with van der Waals surface area (Å²) in [4.78, 5) is 22.4. The Morgan fingerprint density at radius 2 is 1.97 bits per heavy atom. The fourth-order valence-corrected chi connectivity index (χ4v) is 4.69. The molecule has 9 heteroatoms. The number of aromatic nitrogens is 1. The number of benzene rings is 1. The van der Waals surface area contributed by atoms with Gasteiger partial charge in [-0.15, -0.1) is 0 Å². The number of urea groups is 1. The average Bonchev–Trinajstić information content (AvgIpc) is 2.67. The van der Waals surface area contributed by atoms with Crippen LogP contribution in [0.1, 0.15) is 23.7 Å². The van der Waals surface area contributed by atoms with Crippen molar-refractivity contribution in [1.29, 1.82) is 5.26 Å². The Morgan fingerprint density at radius 3 is 2.63 bits per heavy atom. The van der Waals surface area contributed by atoms with Gasteiger partial charge in [-0.05, 0) is 30.7 Å². The van der Waals surface area contributed by atoms with Crippen LogP contribution in [0.4, 0.5) is 25.1 Å². The molecular weight excluding hydrogens is 392 g/mol. The predicted octanol–water partition coefficient (Wildman–Crippen LogP) is 2.42. The zero-order chi connectivity index (χ0) is 21.0. The molecule has 1 aromatic carbocycles. The number of likely N-dealkylation sites (tertiary alicyclic amines) is 1. The number of fused-ring (bicyclic) bond motifs is 1. The maximum Gasteiger partial charge on any atom is 0.324 e. The van der Waals surface area contributed by atoms with E-state index in [0.717, 1.165) is 18.9 Å². The van der Waals surface area contributed by atoms with Gasteiger partial charge in [0.15, 0.2) is 0 Å². The average molecular weight is 411 g/mol. The lowest BCUT2D eigenvalue weighted by Gasteiger charge is -2.60. The monoisotopic (exact) mass is 411 g/mol. The van der Waals surface area contributed by atoms with E-state index < -0.39 is 11.9 Å². The minimum Gasteiger partial charge on any atom is -0.388 e. The van der Waals surface area contributed by atoms with Gasteiger partial charge in [-0.25, -0.2) is 18.6 Å². The summed E-state index contributed by atoms with van der Waals surface area (Å²) < 4.78 is 27.6. The van der Waals surface area contributed by atoms with Gasteiger partial charge in [-0.2, -0.15) is 5.26 Å². The van der Waals surface area contributed by atoms with E-state index in [4.69, 9.17) is 5.26 Å². The summed E-state index contributed by atoms with van der Waals surface area (Å²) in [6, 6.07) is 7.43. The number of carbonyl (C=O) groups excluding carboxylic acids is 1. The normalized spacial score (nSPS) is 21.5. The topological polar surface area (TPSA) is 83.7 Å². The minimum atomic E-state index is -1.04. The van der Waals surface area contributed by atoms with Crippen LogP contribution in [0.2, 0.25) is 0 Å². The first-order valence-corrected chi connectivity index (χ1v) is 9.74. The highest BCUT2D eigenvalue weighted by atomic mass is 19.1. The summed E-state index contributed by atoms with van der Waals surface area (Å²) in [6.45, 7) is 2.93. The lowest BCUT2D eigenvalue weighted by molar-refractivity contribution is 0.00920. The van der Waals surface area contributed by atoms with Gasteiger partial charge in [-0.3, -0.25) is 4.90 Å². The Bertz CT molecular complexity index is 1050. The zero-order valence-corrected chi connectivity index (χ0v) is 16.1. The summed E-state index contributed by atoms with van der Waals surface area (Å²) in [5.41, 5.74) is 0.191. The number of rotatable bonds is 1. The molecule has 0 saturated carbocycles. The fraction of sp³-hybridized carbons (Fsp3) is 0.381. The van der Waals surface area contributed by atoms with Crippen molar-refractivity contribution < 1.29 is 18.7 Å². The molecule has 154 valence electrons. The first kappa shape index (κ1) is 18.8. The fourth-order valence-electron chi connectivity index (χ4n) is 4.69. The molecule has 30 heavy (non-hydrogen) atoms. The van der Waals surface area contributed by atoms with Crippen molar-refractivity contribution in [3.05, 3.63) is 53.2 Å². The van der Waals surface area contributed by atoms with Crippen LogP contribution in [0.5, 0.6) is 0 Å². The van der Waals surface area contributed by atoms with Gasteiger partial charge in [0.05, 0.1) is 23.6 Å². The van der Waals surface area contributed by atoms with Crippen molar-refractivity contribution in [2.24, 2.45) is 5.41 Å². The minimum absolute atomic E-state index is 0.000226. The quantitative estimate of drug-likeness (QED) is 0.779. The third-order valence-corrected chi connectivity index (χ3v) is 6.17. The summed E-state index contributed by atoms with van der Waals surface area (Å²) in [6.07, 6.45) is 0.368. The van der Waals surface area contributed by atoms with Crippen LogP contribution in [-0.4, -0.2) is 53.7 Å². The predicted molar refractivity (Wildman–Crippen MR) is 104 cm³/mol. The number of hydrogen-bond donors (Lipinski definition) is 1. The van der Waals surface area contributed by atoms with E-state index in [1.165, 1.54) is 29.3 Å². The van der Waals surface area contributed by atoms with Gasteiger partial charge in [0.1, 0.15) is 23.5 Å². The van der Waals surface area contributed by atoms with Crippen molar-refractivity contribution in [2.75, 3.05) is 42.5 Å². The highest BCUT2D eigenvalue weighted by Crippen LogP contribution is 2.43. The molecule has 7 nitrogen and oxygen atoms in total. The molecule has 2 saturated heterocycles. The molecule has 5 rings (SSSR count). The lowest BCUT2D eigenvalue weighted by atomic mass is 9.73. The SMILES string of the molecule is N#Cc1ccc2c(c1F)C(O)CCN2C(=O)N1CC2(C1)CN(c1ccc(F)cn1)C2. The number of carbonyl (C=O) groups is 1. The van der Waals surface area contributed by atoms with Crippen LogP contribution in [0.3, 0.4) is 0 Å². The van der Waals surface area contributed by atoms with E-state index >= 15 is 0 Å². The number of amides is 2. The second kappa shape index (κ2) is 6.64. The van der Waals surface area contributed by atoms with Gasteiger partial charge in [0.25, 0.3) is 0 Å². The second-order valence-corrected chi connectivity index (χ2v) is 8.26. The Hall–Kier alpha value is -3.25. The van der Waals surface area contributed by atoms with Crippen molar-refractivity contribution in [2.45, 2.75) is 12.5 Å². The Balaban J connectivity index is 1.27. The van der Waals surface area contributed by atoms with E-state index in [2.05, 4.69) is 4.98 Å². The molecule has 0 radical (unpaired) electrons. The first-order chi connectivity index (χ1) is 14.4. The molecule has 1 spiro atoms. The molecule has 1 N–H and O–H groups in total. The van der Waals surface area contributed by atoms with Crippen LogP contribution in [0.25, 0.3) is 0 Å². The number of nitriles is 1. The third-order valence-electron chi connectivity index (χ3n) is 6.17. The Morgan fingerprint density at radius 1 is 1.20 bits per heavy atom. The summed E-state index contributed by atoms with van der Waals surface area (Å²) in [7, 11) is 0. The molecule has 2 aromatic rings. The van der Waals surface area contributed by atoms with Gasteiger partial charge >= 0.3 is 6.03 Å². The van der Waals surface area contributed by atoms with Crippen molar-refractivity contribution in [1.82, 2.24) is 9.88 Å². The van der Waals surface area contributed by atoms with Crippen LogP contribution in [-0.2, 0) is 0 Å². The van der Waals surface area contributed by atoms with E-state index in [0.29, 0.717) is 18.8 Å². The van der Waals surface area contributed by atoms with Crippen LogP contribution < -0.4 is 9.80 Å². The standard InChI is InChI=1S/C21H19F2N5O2/c22-14-2-4-17(25-8-14)26-9-21(10-26)11-27(12-21)20(30)28-6-5-16(29)18-15(28)3-1-13(7-24)19(18)23/h1-4,8,16,29H,5-6,9-12H2. The largest absolute Gasteiger partial charge is 0.388 e. The molecule has 2 amide bonds. The smallest absolute Gasteiger partial charge is 0.324 e. The molecule has 1 unspecified atom stereocenters. The van der Waals surface area contributed by atoms with Crippen LogP contribution in [0.15, 0.2) is 30.5 Å². The number of pyridine rings is 1. The van der Waals surface area contributed by atoms with E-state index in [1.807, 2.05) is 4.90 Å². The number of hydrogen-bond acceptors (Lipinski definition) is 5. The molecule has 1 atom stereocenters. The van der Waals surface area contributed by atoms with E-state index in [1.54, 1.807) is 17.0 Å². The van der Waals surface area contributed by atoms with Gasteiger partial charge in [0.2, 0.25) is 0 Å². The summed E-state index contributed by atoms with van der Waals surface area (Å²) in [5, 5.41) is 19.3. The summed E-state index contributed by atoms with van der Waals surface area (Å²) in [5.74, 6) is -0.421. The molecule has 1 aromatic heterocycles. The number of anilines is 2. The lowest BCUT2D eigenvalue weighted by Crippen LogP contribution is -2.74. The van der Waals surface area contributed by atoms with E-state index in [-0.39, 0.29) is 41.4 Å². The zero-order valence-electron chi connectivity index (χ0n) is 16.1. The molecule has 2 fully saturated rings. The van der Waals surface area contributed by atoms with Crippen LogP contribution in [0, 0.1) is 28.4 Å². The Labute approximate surface area is 171 Å². The number of nitrogens with zero attached hydrogens (tertiary/aromatic N) is 5. The summed E-state index contributed by atoms with van der Waals surface area (Å²) >= 11 is 0. The molecule has 4 heterocycles. The Kier molecular flexibility index (Phi) is 4.15. The van der Waals surface area contributed by atoms with Crippen molar-refractivity contribution in [3.8, 4) is 6.07 Å². The molecule has 3 aliphatic rings. The highest BCUT2D eigenvalue weighted by molar-refractivity contribution is 5.94. The van der Waals surface area contributed by atoms with Gasteiger partial charge < -0.3 is 14.9 Å². The molecule has 0 bridgehead atoms. The highest BCUT2D eigenvalue weighted by Gasteiger charge is 2.54. The third kappa shape index (κ3) is 2.79. The van der Waals surface area contributed by atoms with Crippen LogP contribution >= 0.6 is 0 Å². The first-order valence-electron chi connectivity index (χ1n) is 9.74. The van der Waals surface area contributed by atoms with Gasteiger partial charge in [0, 0.05) is 43.7 Å². The van der Waals surface area contributed by atoms with Gasteiger partial charge in [-0.1, -0.05) is 0 Å². The molecular formula is C21H19F2N5O2. The number of aliphatic hydroxyl groups is 1. The maximum atomic E-state index is 14.6. The molecule has 3 aliphatic heterocycles.